The number of methoxy groups -OCH3 is 1. The van der Waals surface area contributed by atoms with E-state index in [2.05, 4.69) is 34.3 Å². The topological polar surface area (TPSA) is 44.2 Å². The number of pyridine rings is 2. The van der Waals surface area contributed by atoms with Crippen LogP contribution in [0.2, 0.25) is 0 Å². The summed E-state index contributed by atoms with van der Waals surface area (Å²) in [4.78, 5) is 9.21. The van der Waals surface area contributed by atoms with E-state index in [0.717, 1.165) is 40.2 Å². The Hall–Kier alpha value is -2.88. The molecule has 0 aliphatic heterocycles. The van der Waals surface area contributed by atoms with E-state index in [9.17, 15) is 0 Å². The minimum atomic E-state index is 0.501. The molecule has 1 saturated carbocycles. The fourth-order valence-electron chi connectivity index (χ4n) is 3.98. The van der Waals surface area contributed by atoms with Gasteiger partial charge in [-0.2, -0.15) is 0 Å². The number of aromatic nitrogens is 2. The fourth-order valence-corrected chi connectivity index (χ4v) is 3.98. The molecule has 3 aromatic rings. The lowest BCUT2D eigenvalue weighted by Crippen LogP contribution is -2.04. The SMILES string of the molecule is COc1ccc2ncc(OCc3ccccc3)c(C=CCC3CCCCC3)c2n1. The molecular formula is C25H28N2O2. The van der Waals surface area contributed by atoms with E-state index in [1.165, 1.54) is 32.1 Å². The van der Waals surface area contributed by atoms with E-state index in [0.29, 0.717) is 12.5 Å². The molecular weight excluding hydrogens is 360 g/mol. The number of allylic oxidation sites excluding steroid dienone is 1. The molecule has 4 rings (SSSR count). The van der Waals surface area contributed by atoms with E-state index >= 15 is 0 Å². The van der Waals surface area contributed by atoms with Crippen LogP contribution in [0.25, 0.3) is 17.1 Å². The van der Waals surface area contributed by atoms with Gasteiger partial charge in [0.25, 0.3) is 0 Å². The summed E-state index contributed by atoms with van der Waals surface area (Å²) in [5.74, 6) is 2.13. The molecule has 1 aromatic carbocycles. The summed E-state index contributed by atoms with van der Waals surface area (Å²) >= 11 is 0. The summed E-state index contributed by atoms with van der Waals surface area (Å²) in [5.41, 5.74) is 3.76. The highest BCUT2D eigenvalue weighted by molar-refractivity contribution is 5.87. The van der Waals surface area contributed by atoms with Crippen LogP contribution in [0.5, 0.6) is 11.6 Å². The normalized spacial score (nSPS) is 15.1. The van der Waals surface area contributed by atoms with Gasteiger partial charge in [0, 0.05) is 11.6 Å². The summed E-state index contributed by atoms with van der Waals surface area (Å²) < 4.78 is 11.5. The highest BCUT2D eigenvalue weighted by atomic mass is 16.5. The predicted octanol–water partition coefficient (Wildman–Crippen LogP) is 6.20. The molecule has 1 fully saturated rings. The van der Waals surface area contributed by atoms with E-state index in [4.69, 9.17) is 9.47 Å². The summed E-state index contributed by atoms with van der Waals surface area (Å²) in [5, 5.41) is 0. The van der Waals surface area contributed by atoms with Crippen molar-refractivity contribution in [2.45, 2.75) is 45.1 Å². The second-order valence-electron chi connectivity index (χ2n) is 7.67. The van der Waals surface area contributed by atoms with Crippen LogP contribution in [0, 0.1) is 5.92 Å². The van der Waals surface area contributed by atoms with E-state index in [1.54, 1.807) is 13.3 Å². The quantitative estimate of drug-likeness (QED) is 0.483. The third-order valence-electron chi connectivity index (χ3n) is 5.61. The summed E-state index contributed by atoms with van der Waals surface area (Å²) in [7, 11) is 1.63. The average molecular weight is 389 g/mol. The Morgan fingerprint density at radius 2 is 1.86 bits per heavy atom. The van der Waals surface area contributed by atoms with Crippen molar-refractivity contribution in [2.75, 3.05) is 7.11 Å². The zero-order chi connectivity index (χ0) is 19.9. The van der Waals surface area contributed by atoms with E-state index in [-0.39, 0.29) is 0 Å². The number of hydrogen-bond acceptors (Lipinski definition) is 4. The number of fused-ring (bicyclic) bond motifs is 1. The molecule has 150 valence electrons. The first-order valence-electron chi connectivity index (χ1n) is 10.5. The Labute approximate surface area is 172 Å². The maximum Gasteiger partial charge on any atom is 0.213 e. The van der Waals surface area contributed by atoms with Crippen LogP contribution in [-0.4, -0.2) is 17.1 Å². The first-order chi connectivity index (χ1) is 14.3. The van der Waals surface area contributed by atoms with Crippen LogP contribution < -0.4 is 9.47 Å². The zero-order valence-corrected chi connectivity index (χ0v) is 17.0. The Bertz CT molecular complexity index is 963. The molecule has 0 bridgehead atoms. The van der Waals surface area contributed by atoms with Crippen molar-refractivity contribution in [1.29, 1.82) is 0 Å². The Balaban J connectivity index is 1.62. The molecule has 1 aliphatic carbocycles. The zero-order valence-electron chi connectivity index (χ0n) is 17.0. The molecule has 0 atom stereocenters. The summed E-state index contributed by atoms with van der Waals surface area (Å²) in [6.45, 7) is 0.501. The Morgan fingerprint density at radius 1 is 1.03 bits per heavy atom. The largest absolute Gasteiger partial charge is 0.487 e. The minimum absolute atomic E-state index is 0.501. The maximum atomic E-state index is 6.15. The molecule has 0 spiro atoms. The lowest BCUT2D eigenvalue weighted by Gasteiger charge is -2.19. The second kappa shape index (κ2) is 9.55. The number of rotatable bonds is 7. The van der Waals surface area contributed by atoms with Gasteiger partial charge in [-0.1, -0.05) is 74.6 Å². The lowest BCUT2D eigenvalue weighted by molar-refractivity contribution is 0.305. The number of hydrogen-bond donors (Lipinski definition) is 0. The number of benzene rings is 1. The van der Waals surface area contributed by atoms with Gasteiger partial charge in [-0.3, -0.25) is 4.98 Å². The third-order valence-corrected chi connectivity index (χ3v) is 5.61. The van der Waals surface area contributed by atoms with Crippen LogP contribution >= 0.6 is 0 Å². The van der Waals surface area contributed by atoms with Gasteiger partial charge in [-0.05, 0) is 24.0 Å². The first kappa shape index (κ1) is 19.4. The van der Waals surface area contributed by atoms with Gasteiger partial charge in [0.15, 0.2) is 0 Å². The van der Waals surface area contributed by atoms with Gasteiger partial charge >= 0.3 is 0 Å². The van der Waals surface area contributed by atoms with Crippen LogP contribution in [0.15, 0.2) is 54.7 Å². The van der Waals surface area contributed by atoms with Crippen molar-refractivity contribution < 1.29 is 9.47 Å². The van der Waals surface area contributed by atoms with Crippen molar-refractivity contribution >= 4 is 17.1 Å². The van der Waals surface area contributed by atoms with Gasteiger partial charge in [-0.25, -0.2) is 4.98 Å². The first-order valence-corrected chi connectivity index (χ1v) is 10.5. The standard InChI is InChI=1S/C25H28N2O2/c1-28-24-16-15-22-25(27-24)21(14-8-13-19-9-4-2-5-10-19)23(17-26-22)29-18-20-11-6-3-7-12-20/h3,6-8,11-12,14-17,19H,2,4-5,9-10,13,18H2,1H3. The highest BCUT2D eigenvalue weighted by Crippen LogP contribution is 2.31. The average Bonchev–Trinajstić information content (AvgIpc) is 2.79. The van der Waals surface area contributed by atoms with Gasteiger partial charge in [0.05, 0.1) is 18.8 Å². The predicted molar refractivity (Wildman–Crippen MR) is 117 cm³/mol. The molecule has 0 amide bonds. The molecule has 2 heterocycles. The lowest BCUT2D eigenvalue weighted by atomic mass is 9.87. The Morgan fingerprint density at radius 3 is 2.66 bits per heavy atom. The molecule has 0 saturated heterocycles. The highest BCUT2D eigenvalue weighted by Gasteiger charge is 2.13. The molecule has 0 radical (unpaired) electrons. The molecule has 0 N–H and O–H groups in total. The summed E-state index contributed by atoms with van der Waals surface area (Å²) in [6, 6.07) is 14.0. The smallest absolute Gasteiger partial charge is 0.213 e. The molecule has 29 heavy (non-hydrogen) atoms. The third kappa shape index (κ3) is 4.94. The monoisotopic (exact) mass is 388 g/mol. The van der Waals surface area contributed by atoms with Gasteiger partial charge in [0.1, 0.15) is 17.9 Å². The van der Waals surface area contributed by atoms with Gasteiger partial charge in [0.2, 0.25) is 5.88 Å². The molecule has 4 nitrogen and oxygen atoms in total. The van der Waals surface area contributed by atoms with Crippen molar-refractivity contribution in [1.82, 2.24) is 9.97 Å². The summed E-state index contributed by atoms with van der Waals surface area (Å²) in [6.07, 6.45) is 14.1. The molecule has 1 aliphatic rings. The minimum Gasteiger partial charge on any atom is -0.487 e. The second-order valence-corrected chi connectivity index (χ2v) is 7.67. The fraction of sp³-hybridized carbons (Fsp3) is 0.360. The van der Waals surface area contributed by atoms with Gasteiger partial charge in [-0.15, -0.1) is 0 Å². The van der Waals surface area contributed by atoms with Crippen molar-refractivity contribution in [3.63, 3.8) is 0 Å². The van der Waals surface area contributed by atoms with E-state index in [1.807, 2.05) is 30.3 Å². The van der Waals surface area contributed by atoms with Crippen molar-refractivity contribution in [3.05, 3.63) is 65.9 Å². The van der Waals surface area contributed by atoms with Crippen LogP contribution in [0.4, 0.5) is 0 Å². The maximum absolute atomic E-state index is 6.15. The molecule has 4 heteroatoms. The van der Waals surface area contributed by atoms with Crippen LogP contribution in [0.3, 0.4) is 0 Å². The van der Waals surface area contributed by atoms with E-state index < -0.39 is 0 Å². The number of nitrogens with zero attached hydrogens (tertiary/aromatic N) is 2. The van der Waals surface area contributed by atoms with Gasteiger partial charge < -0.3 is 9.47 Å². The number of ether oxygens (including phenoxy) is 2. The van der Waals surface area contributed by atoms with Crippen molar-refractivity contribution in [2.24, 2.45) is 5.92 Å². The van der Waals surface area contributed by atoms with Crippen molar-refractivity contribution in [3.8, 4) is 11.6 Å². The Kier molecular flexibility index (Phi) is 6.40. The van der Waals surface area contributed by atoms with Crippen LogP contribution in [-0.2, 0) is 6.61 Å². The molecule has 0 unspecified atom stereocenters. The molecule has 2 aromatic heterocycles. The van der Waals surface area contributed by atoms with Crippen LogP contribution in [0.1, 0.15) is 49.7 Å².